The molecule has 1 heterocycles. The van der Waals surface area contributed by atoms with Crippen molar-refractivity contribution in [1.82, 2.24) is 0 Å². The smallest absolute Gasteiger partial charge is 0.346 e. The van der Waals surface area contributed by atoms with E-state index in [9.17, 15) is 4.79 Å². The topological polar surface area (TPSA) is 56.9 Å². The lowest BCUT2D eigenvalue weighted by Gasteiger charge is -2.12. The van der Waals surface area contributed by atoms with Gasteiger partial charge in [-0.25, -0.2) is 9.78 Å². The first kappa shape index (κ1) is 15.4. The van der Waals surface area contributed by atoms with Gasteiger partial charge in [0.15, 0.2) is 11.4 Å². The van der Waals surface area contributed by atoms with Crippen molar-refractivity contribution >= 4 is 11.7 Å². The van der Waals surface area contributed by atoms with Crippen molar-refractivity contribution in [2.24, 2.45) is 0 Å². The van der Waals surface area contributed by atoms with Crippen LogP contribution in [0.5, 0.6) is 0 Å². The number of aromatic nitrogens is 1. The number of aryl methyl sites for hydroxylation is 2. The molecule has 0 fully saturated rings. The molecule has 1 aromatic rings. The number of aromatic amines is 1. The average Bonchev–Trinajstić information content (AvgIpc) is 2.27. The van der Waals surface area contributed by atoms with Crippen LogP contribution in [0, 0.1) is 13.8 Å². The predicted molar refractivity (Wildman–Crippen MR) is 74.6 cm³/mol. The lowest BCUT2D eigenvalue weighted by Crippen LogP contribution is -3.06. The molecule has 0 saturated heterocycles. The van der Waals surface area contributed by atoms with E-state index < -0.39 is 0 Å². The van der Waals surface area contributed by atoms with Crippen molar-refractivity contribution in [1.29, 1.82) is 0 Å². The number of rotatable bonds is 6. The SMILES string of the molecule is CCOC(=O)c1c(NCC[NH+](C)C)cc(C)[nH+]c1C. The highest BCUT2D eigenvalue weighted by atomic mass is 16.5. The van der Waals surface area contributed by atoms with Crippen LogP contribution >= 0.6 is 0 Å². The molecule has 0 unspecified atom stereocenters. The minimum Gasteiger partial charge on any atom is -0.462 e. The van der Waals surface area contributed by atoms with Crippen LogP contribution in [0.4, 0.5) is 5.69 Å². The number of pyridine rings is 1. The molecule has 5 nitrogen and oxygen atoms in total. The van der Waals surface area contributed by atoms with Gasteiger partial charge in [0.05, 0.1) is 39.5 Å². The second-order valence-electron chi connectivity index (χ2n) is 4.97. The third-order valence-electron chi connectivity index (χ3n) is 2.81. The van der Waals surface area contributed by atoms with Crippen LogP contribution in [0.1, 0.15) is 28.7 Å². The molecule has 0 aliphatic rings. The standard InChI is InChI=1S/C14H23N3O2/c1-6-19-14(18)13-11(3)16-10(2)9-12(13)15-7-8-17(4)5/h9H,6-8H2,1-5H3,(H,15,16)/p+2. The number of carbonyl (C=O) groups excluding carboxylic acids is 1. The molecule has 0 atom stereocenters. The summed E-state index contributed by atoms with van der Waals surface area (Å²) >= 11 is 0. The summed E-state index contributed by atoms with van der Waals surface area (Å²) in [5.41, 5.74) is 3.29. The summed E-state index contributed by atoms with van der Waals surface area (Å²) in [6, 6.07) is 1.95. The van der Waals surface area contributed by atoms with Crippen LogP contribution in [0.25, 0.3) is 0 Å². The largest absolute Gasteiger partial charge is 0.462 e. The number of quaternary nitrogens is 1. The van der Waals surface area contributed by atoms with Gasteiger partial charge in [-0.2, -0.15) is 0 Å². The van der Waals surface area contributed by atoms with E-state index in [1.807, 2.05) is 26.8 Å². The Morgan fingerprint density at radius 3 is 2.68 bits per heavy atom. The Morgan fingerprint density at radius 1 is 1.42 bits per heavy atom. The Balaban J connectivity index is 2.96. The molecule has 0 aliphatic carbocycles. The van der Waals surface area contributed by atoms with E-state index in [0.29, 0.717) is 12.2 Å². The van der Waals surface area contributed by atoms with Gasteiger partial charge >= 0.3 is 5.97 Å². The molecule has 0 saturated carbocycles. The number of hydrogen-bond donors (Lipinski definition) is 2. The Bertz CT molecular complexity index is 445. The number of carbonyl (C=O) groups is 1. The number of H-pyrrole nitrogens is 1. The quantitative estimate of drug-likeness (QED) is 0.705. The van der Waals surface area contributed by atoms with E-state index in [0.717, 1.165) is 30.2 Å². The van der Waals surface area contributed by atoms with E-state index >= 15 is 0 Å². The summed E-state index contributed by atoms with van der Waals surface area (Å²) in [5.74, 6) is -0.282. The number of likely N-dealkylation sites (N-methyl/N-ethyl adjacent to an activating group) is 1. The van der Waals surface area contributed by atoms with Crippen molar-refractivity contribution in [2.75, 3.05) is 39.1 Å². The van der Waals surface area contributed by atoms with Gasteiger partial charge in [-0.1, -0.05) is 0 Å². The first-order valence-corrected chi connectivity index (χ1v) is 6.69. The minimum absolute atomic E-state index is 0.282. The van der Waals surface area contributed by atoms with Crippen molar-refractivity contribution in [2.45, 2.75) is 20.8 Å². The predicted octanol–water partition coefficient (Wildman–Crippen LogP) is -0.149. The van der Waals surface area contributed by atoms with Crippen LogP contribution in [0.3, 0.4) is 0 Å². The molecule has 3 N–H and O–H groups in total. The zero-order valence-electron chi connectivity index (χ0n) is 12.5. The molecule has 0 spiro atoms. The second kappa shape index (κ2) is 7.09. The molecule has 0 bridgehead atoms. The van der Waals surface area contributed by atoms with Gasteiger partial charge in [0, 0.05) is 19.9 Å². The van der Waals surface area contributed by atoms with Gasteiger partial charge in [0.2, 0.25) is 0 Å². The van der Waals surface area contributed by atoms with E-state index in [1.54, 1.807) is 0 Å². The van der Waals surface area contributed by atoms with Crippen LogP contribution in [0.15, 0.2) is 6.07 Å². The zero-order chi connectivity index (χ0) is 14.4. The number of ether oxygens (including phenoxy) is 1. The van der Waals surface area contributed by atoms with Gasteiger partial charge in [0.25, 0.3) is 0 Å². The second-order valence-corrected chi connectivity index (χ2v) is 4.97. The molecule has 0 radical (unpaired) electrons. The Morgan fingerprint density at radius 2 is 2.11 bits per heavy atom. The van der Waals surface area contributed by atoms with Crippen molar-refractivity contribution in [3.63, 3.8) is 0 Å². The van der Waals surface area contributed by atoms with Crippen LogP contribution in [0.2, 0.25) is 0 Å². The molecule has 1 rings (SSSR count). The third-order valence-corrected chi connectivity index (χ3v) is 2.81. The van der Waals surface area contributed by atoms with Crippen LogP contribution in [-0.2, 0) is 4.74 Å². The number of nitrogens with one attached hydrogen (secondary N) is 3. The summed E-state index contributed by atoms with van der Waals surface area (Å²) < 4.78 is 5.11. The first-order valence-electron chi connectivity index (χ1n) is 6.69. The molecule has 0 aromatic carbocycles. The zero-order valence-corrected chi connectivity index (χ0v) is 12.5. The molecular weight excluding hydrogens is 242 g/mol. The fraction of sp³-hybridized carbons (Fsp3) is 0.571. The highest BCUT2D eigenvalue weighted by Crippen LogP contribution is 2.18. The third kappa shape index (κ3) is 4.52. The fourth-order valence-corrected chi connectivity index (χ4v) is 1.94. The maximum atomic E-state index is 12.0. The number of esters is 1. The maximum absolute atomic E-state index is 12.0. The van der Waals surface area contributed by atoms with Crippen molar-refractivity contribution < 1.29 is 19.4 Å². The average molecular weight is 267 g/mol. The molecule has 5 heteroatoms. The summed E-state index contributed by atoms with van der Waals surface area (Å²) in [6.45, 7) is 7.86. The van der Waals surface area contributed by atoms with Gasteiger partial charge in [-0.3, -0.25) is 0 Å². The van der Waals surface area contributed by atoms with Crippen LogP contribution < -0.4 is 15.2 Å². The molecule has 0 amide bonds. The Kier molecular flexibility index (Phi) is 5.76. The molecular formula is C14H25N3O2+2. The summed E-state index contributed by atoms with van der Waals surface area (Å²) in [5, 5.41) is 3.32. The lowest BCUT2D eigenvalue weighted by atomic mass is 10.1. The normalized spacial score (nSPS) is 10.6. The summed E-state index contributed by atoms with van der Waals surface area (Å²) in [6.07, 6.45) is 0. The monoisotopic (exact) mass is 267 g/mol. The van der Waals surface area contributed by atoms with E-state index in [4.69, 9.17) is 4.74 Å². The minimum atomic E-state index is -0.282. The van der Waals surface area contributed by atoms with E-state index in [1.165, 1.54) is 4.90 Å². The highest BCUT2D eigenvalue weighted by Gasteiger charge is 2.21. The highest BCUT2D eigenvalue weighted by molar-refractivity contribution is 5.96. The van der Waals surface area contributed by atoms with Gasteiger partial charge in [-0.15, -0.1) is 0 Å². The van der Waals surface area contributed by atoms with Crippen molar-refractivity contribution in [3.05, 3.63) is 23.0 Å². The summed E-state index contributed by atoms with van der Waals surface area (Å²) in [7, 11) is 4.20. The van der Waals surface area contributed by atoms with Gasteiger partial charge in [-0.05, 0) is 6.92 Å². The molecule has 106 valence electrons. The van der Waals surface area contributed by atoms with Gasteiger partial charge in [0.1, 0.15) is 5.56 Å². The van der Waals surface area contributed by atoms with Crippen molar-refractivity contribution in [3.8, 4) is 0 Å². The molecule has 0 aliphatic heterocycles. The Labute approximate surface area is 115 Å². The van der Waals surface area contributed by atoms with E-state index in [2.05, 4.69) is 24.4 Å². The maximum Gasteiger partial charge on any atom is 0.346 e. The summed E-state index contributed by atoms with van der Waals surface area (Å²) in [4.78, 5) is 16.5. The fourth-order valence-electron chi connectivity index (χ4n) is 1.94. The Hall–Kier alpha value is -1.62. The van der Waals surface area contributed by atoms with E-state index in [-0.39, 0.29) is 5.97 Å². The number of hydrogen-bond acceptors (Lipinski definition) is 3. The van der Waals surface area contributed by atoms with Gasteiger partial charge < -0.3 is 15.0 Å². The van der Waals surface area contributed by atoms with Crippen LogP contribution in [-0.4, -0.2) is 39.8 Å². The lowest BCUT2D eigenvalue weighted by molar-refractivity contribution is -0.856. The molecule has 1 aromatic heterocycles. The first-order chi connectivity index (χ1) is 8.95. The molecule has 19 heavy (non-hydrogen) atoms. The number of anilines is 1.